The van der Waals surface area contributed by atoms with Crippen molar-refractivity contribution >= 4 is 46.0 Å². The molecule has 0 aliphatic rings. The number of rotatable bonds is 5. The Labute approximate surface area is 173 Å². The van der Waals surface area contributed by atoms with E-state index in [0.717, 1.165) is 27.2 Å². The van der Waals surface area contributed by atoms with Gasteiger partial charge in [0.2, 0.25) is 5.95 Å². The van der Waals surface area contributed by atoms with E-state index in [0.29, 0.717) is 11.4 Å². The fourth-order valence-corrected chi connectivity index (χ4v) is 4.05. The van der Waals surface area contributed by atoms with E-state index in [2.05, 4.69) is 32.6 Å². The molecule has 140 valence electrons. The minimum atomic E-state index is -4.52. The van der Waals surface area contributed by atoms with Crippen LogP contribution >= 0.6 is 34.4 Å². The summed E-state index contributed by atoms with van der Waals surface area (Å²) in [5.41, 5.74) is 0.0231. The van der Waals surface area contributed by atoms with Gasteiger partial charge in [0.05, 0.1) is 5.69 Å². The van der Waals surface area contributed by atoms with E-state index in [-0.39, 0.29) is 11.0 Å². The molecule has 3 aromatic rings. The molecule has 1 aromatic heterocycles. The van der Waals surface area contributed by atoms with Gasteiger partial charge in [-0.15, -0.1) is 0 Å². The van der Waals surface area contributed by atoms with Gasteiger partial charge in [-0.3, -0.25) is 0 Å². The summed E-state index contributed by atoms with van der Waals surface area (Å²) in [5, 5.41) is -0.108. The molecule has 0 radical (unpaired) electrons. The van der Waals surface area contributed by atoms with Gasteiger partial charge in [-0.05, 0) is 53.8 Å². The van der Waals surface area contributed by atoms with Crippen LogP contribution in [0, 0.1) is 3.57 Å². The molecule has 0 fully saturated rings. The number of aromatic nitrogens is 2. The van der Waals surface area contributed by atoms with Crippen molar-refractivity contribution in [2.24, 2.45) is 0 Å². The summed E-state index contributed by atoms with van der Waals surface area (Å²) in [4.78, 5) is 10.8. The van der Waals surface area contributed by atoms with Crippen LogP contribution in [0.3, 0.4) is 0 Å². The van der Waals surface area contributed by atoms with E-state index in [1.54, 1.807) is 29.2 Å². The third-order valence-electron chi connectivity index (χ3n) is 3.71. The lowest BCUT2D eigenvalue weighted by atomic mass is 10.3. The van der Waals surface area contributed by atoms with Crippen LogP contribution in [0.5, 0.6) is 0 Å². The zero-order valence-electron chi connectivity index (χ0n) is 14.2. The molecule has 0 saturated carbocycles. The largest absolute Gasteiger partial charge is 0.420 e. The lowest BCUT2D eigenvalue weighted by Gasteiger charge is -2.23. The molecule has 1 heterocycles. The highest BCUT2D eigenvalue weighted by atomic mass is 127. The lowest BCUT2D eigenvalue weighted by molar-refractivity contribution is -0.140. The van der Waals surface area contributed by atoms with Crippen LogP contribution < -0.4 is 4.90 Å². The maximum Gasteiger partial charge on any atom is 0.420 e. The van der Waals surface area contributed by atoms with Crippen molar-refractivity contribution in [3.63, 3.8) is 0 Å². The second-order valence-corrected chi connectivity index (χ2v) is 7.72. The third-order valence-corrected chi connectivity index (χ3v) is 5.63. The molecule has 0 N–H and O–H groups in total. The first-order chi connectivity index (χ1) is 12.9. The SMILES string of the molecule is CCN(c1ncc(C(F)(F)F)c(Sc2ccccc2)n1)c1ccccc1I. The topological polar surface area (TPSA) is 29.0 Å². The minimum Gasteiger partial charge on any atom is -0.310 e. The van der Waals surface area contributed by atoms with Crippen LogP contribution in [-0.4, -0.2) is 16.5 Å². The molecule has 2 aromatic carbocycles. The van der Waals surface area contributed by atoms with Crippen LogP contribution in [-0.2, 0) is 6.18 Å². The summed E-state index contributed by atoms with van der Waals surface area (Å²) in [5.74, 6) is 0.244. The molecular weight excluding hydrogens is 486 g/mol. The molecule has 0 aliphatic heterocycles. The van der Waals surface area contributed by atoms with Crippen molar-refractivity contribution in [3.05, 3.63) is 69.9 Å². The van der Waals surface area contributed by atoms with Crippen molar-refractivity contribution in [2.75, 3.05) is 11.4 Å². The predicted molar refractivity (Wildman–Crippen MR) is 109 cm³/mol. The Morgan fingerprint density at radius 3 is 2.33 bits per heavy atom. The van der Waals surface area contributed by atoms with Crippen LogP contribution in [0.1, 0.15) is 12.5 Å². The first kappa shape index (κ1) is 19.9. The summed E-state index contributed by atoms with van der Waals surface area (Å²) in [6, 6.07) is 16.5. The number of halogens is 4. The summed E-state index contributed by atoms with van der Waals surface area (Å²) in [6.45, 7) is 2.44. The molecule has 27 heavy (non-hydrogen) atoms. The number of benzene rings is 2. The molecule has 3 nitrogen and oxygen atoms in total. The molecule has 0 aliphatic carbocycles. The van der Waals surface area contributed by atoms with Gasteiger partial charge >= 0.3 is 6.18 Å². The van der Waals surface area contributed by atoms with E-state index in [9.17, 15) is 13.2 Å². The number of hydrogen-bond donors (Lipinski definition) is 0. The smallest absolute Gasteiger partial charge is 0.310 e. The van der Waals surface area contributed by atoms with Gasteiger partial charge in [0.25, 0.3) is 0 Å². The molecule has 0 atom stereocenters. The minimum absolute atomic E-state index is 0.108. The van der Waals surface area contributed by atoms with E-state index < -0.39 is 11.7 Å². The van der Waals surface area contributed by atoms with Gasteiger partial charge in [-0.1, -0.05) is 42.1 Å². The van der Waals surface area contributed by atoms with E-state index in [4.69, 9.17) is 0 Å². The normalized spacial score (nSPS) is 11.4. The summed E-state index contributed by atoms with van der Waals surface area (Å²) in [7, 11) is 0. The Hall–Kier alpha value is -1.81. The van der Waals surface area contributed by atoms with Gasteiger partial charge in [-0.2, -0.15) is 13.2 Å². The summed E-state index contributed by atoms with van der Waals surface area (Å²) in [6.07, 6.45) is -3.65. The van der Waals surface area contributed by atoms with Crippen molar-refractivity contribution in [1.29, 1.82) is 0 Å². The molecule has 8 heteroatoms. The standard InChI is InChI=1S/C19H15F3IN3S/c1-2-26(16-11-7-6-10-15(16)23)18-24-12-14(19(20,21)22)17(25-18)27-13-8-4-3-5-9-13/h3-12H,2H2,1H3. The van der Waals surface area contributed by atoms with Gasteiger partial charge < -0.3 is 4.90 Å². The van der Waals surface area contributed by atoms with Crippen molar-refractivity contribution in [1.82, 2.24) is 9.97 Å². The monoisotopic (exact) mass is 501 g/mol. The maximum atomic E-state index is 13.4. The van der Waals surface area contributed by atoms with Crippen molar-refractivity contribution < 1.29 is 13.2 Å². The van der Waals surface area contributed by atoms with Gasteiger partial charge in [0, 0.05) is 21.2 Å². The van der Waals surface area contributed by atoms with Gasteiger partial charge in [0.1, 0.15) is 10.6 Å². The number of nitrogens with zero attached hydrogens (tertiary/aromatic N) is 3. The fraction of sp³-hybridized carbons (Fsp3) is 0.158. The number of hydrogen-bond acceptors (Lipinski definition) is 4. The first-order valence-electron chi connectivity index (χ1n) is 8.09. The third kappa shape index (κ3) is 4.73. The van der Waals surface area contributed by atoms with E-state index in [1.807, 2.05) is 37.3 Å². The Balaban J connectivity index is 2.07. The average molecular weight is 501 g/mol. The number of para-hydroxylation sites is 1. The highest BCUT2D eigenvalue weighted by Gasteiger charge is 2.36. The summed E-state index contributed by atoms with van der Waals surface area (Å²) < 4.78 is 41.3. The number of anilines is 2. The molecule has 3 rings (SSSR count). The quantitative estimate of drug-likeness (QED) is 0.299. The van der Waals surface area contributed by atoms with Gasteiger partial charge in [0.15, 0.2) is 0 Å². The molecule has 0 unspecified atom stereocenters. The molecule has 0 saturated heterocycles. The fourth-order valence-electron chi connectivity index (χ4n) is 2.45. The van der Waals surface area contributed by atoms with Crippen LogP contribution in [0.4, 0.5) is 24.8 Å². The second-order valence-electron chi connectivity index (χ2n) is 5.50. The Morgan fingerprint density at radius 1 is 1.04 bits per heavy atom. The van der Waals surface area contributed by atoms with Crippen LogP contribution in [0.25, 0.3) is 0 Å². The second kappa shape index (κ2) is 8.47. The van der Waals surface area contributed by atoms with E-state index >= 15 is 0 Å². The van der Waals surface area contributed by atoms with E-state index in [1.165, 1.54) is 0 Å². The number of alkyl halides is 3. The Morgan fingerprint density at radius 2 is 1.70 bits per heavy atom. The molecule has 0 bridgehead atoms. The van der Waals surface area contributed by atoms with Crippen molar-refractivity contribution in [3.8, 4) is 0 Å². The maximum absolute atomic E-state index is 13.4. The zero-order chi connectivity index (χ0) is 19.4. The average Bonchev–Trinajstić information content (AvgIpc) is 2.64. The Kier molecular flexibility index (Phi) is 6.25. The highest BCUT2D eigenvalue weighted by Crippen LogP contribution is 2.39. The highest BCUT2D eigenvalue weighted by molar-refractivity contribution is 14.1. The zero-order valence-corrected chi connectivity index (χ0v) is 17.2. The molecule has 0 spiro atoms. The van der Waals surface area contributed by atoms with Crippen LogP contribution in [0.2, 0.25) is 0 Å². The first-order valence-corrected chi connectivity index (χ1v) is 9.99. The Bertz CT molecular complexity index is 920. The molecular formula is C19H15F3IN3S. The van der Waals surface area contributed by atoms with Crippen molar-refractivity contribution in [2.45, 2.75) is 23.0 Å². The predicted octanol–water partition coefficient (Wildman–Crippen LogP) is 6.41. The van der Waals surface area contributed by atoms with Gasteiger partial charge in [-0.25, -0.2) is 9.97 Å². The summed E-state index contributed by atoms with van der Waals surface area (Å²) >= 11 is 3.17. The lowest BCUT2D eigenvalue weighted by Crippen LogP contribution is -2.21. The molecule has 0 amide bonds. The van der Waals surface area contributed by atoms with Crippen LogP contribution in [0.15, 0.2) is 70.7 Å².